The van der Waals surface area contributed by atoms with Gasteiger partial charge in [0.25, 0.3) is 0 Å². The van der Waals surface area contributed by atoms with Gasteiger partial charge in [0.15, 0.2) is 11.0 Å². The first-order valence-corrected chi connectivity index (χ1v) is 15.4. The van der Waals surface area contributed by atoms with Gasteiger partial charge in [0.05, 0.1) is 30.7 Å². The monoisotopic (exact) mass is 609 g/mol. The molecular weight excluding hydrogens is 580 g/mol. The van der Waals surface area contributed by atoms with Gasteiger partial charge in [-0.3, -0.25) is 19.8 Å². The number of aliphatic imine (C=N–C) groups is 2. The van der Waals surface area contributed by atoms with E-state index in [1.54, 1.807) is 42.9 Å². The van der Waals surface area contributed by atoms with Crippen LogP contribution in [0.2, 0.25) is 0 Å². The molecule has 1 amide bonds. The molecule has 1 saturated carbocycles. The molecule has 3 aromatic heterocycles. The fraction of sp³-hybridized carbons (Fsp3) is 0.242. The molecule has 4 aromatic rings. The Bertz CT molecular complexity index is 1900. The molecule has 0 atom stereocenters. The van der Waals surface area contributed by atoms with Crippen molar-refractivity contribution >= 4 is 40.4 Å². The Balaban J connectivity index is 1.29. The topological polar surface area (TPSA) is 121 Å². The number of H-pyrrole nitrogens is 1. The third-order valence-electron chi connectivity index (χ3n) is 8.17. The normalized spacial score (nSPS) is 16.6. The van der Waals surface area contributed by atoms with Crippen LogP contribution in [0.3, 0.4) is 0 Å². The van der Waals surface area contributed by atoms with E-state index >= 15 is 4.39 Å². The predicted octanol–water partition coefficient (Wildman–Crippen LogP) is 6.19. The Kier molecular flexibility index (Phi) is 7.47. The molecule has 4 heterocycles. The number of nitrogens with two attached hydrogens (primary N) is 1. The fourth-order valence-corrected chi connectivity index (χ4v) is 6.76. The number of pyridine rings is 1. The van der Waals surface area contributed by atoms with E-state index in [0.717, 1.165) is 48.3 Å². The lowest BCUT2D eigenvalue weighted by Crippen LogP contribution is -2.20. The number of fused-ring (bicyclic) bond motifs is 2. The zero-order chi connectivity index (χ0) is 30.2. The molecule has 0 bridgehead atoms. The first-order valence-electron chi connectivity index (χ1n) is 14.6. The van der Waals surface area contributed by atoms with Crippen molar-refractivity contribution in [1.29, 1.82) is 0 Å². The number of hydrogen-bond acceptors (Lipinski definition) is 7. The van der Waals surface area contributed by atoms with E-state index in [-0.39, 0.29) is 30.0 Å². The number of amides is 1. The van der Waals surface area contributed by atoms with Crippen LogP contribution < -0.4 is 11.1 Å². The molecule has 44 heavy (non-hydrogen) atoms. The van der Waals surface area contributed by atoms with Crippen molar-refractivity contribution in [3.05, 3.63) is 105 Å². The highest BCUT2D eigenvalue weighted by atomic mass is 32.1. The number of hydrogen-bond donors (Lipinski definition) is 3. The SMILES string of the molecule is NC1=CC=C(c2ccc(F)s2)c2nc(C3=NCC=NCc4ccc(-c5cncc(NC(=O)C6CCCC6)c5)c(F)c43)[nH]c2C1. The van der Waals surface area contributed by atoms with Crippen molar-refractivity contribution in [2.75, 3.05) is 11.9 Å². The average molecular weight is 610 g/mol. The molecule has 2 aliphatic carbocycles. The summed E-state index contributed by atoms with van der Waals surface area (Å²) in [5, 5.41) is 2.66. The van der Waals surface area contributed by atoms with Crippen molar-refractivity contribution < 1.29 is 13.6 Å². The number of nitrogens with one attached hydrogen (secondary N) is 2. The third-order valence-corrected chi connectivity index (χ3v) is 9.08. The van der Waals surface area contributed by atoms with E-state index in [4.69, 9.17) is 15.7 Å². The molecule has 3 aliphatic rings. The van der Waals surface area contributed by atoms with E-state index in [1.807, 2.05) is 12.1 Å². The number of nitrogens with zero attached hydrogens (tertiary/aromatic N) is 4. The molecule has 7 rings (SSSR count). The molecule has 0 spiro atoms. The standard InChI is InChI=1S/C33H29F2N7OS/c34-27-10-9-26(44-27)24-8-6-21(36)14-25-30(24)42-32(41-25)31-28-19(15-37-11-12-39-31)5-7-23(29(28)35)20-13-22(17-38-16-20)40-33(43)18-3-1-2-4-18/h5-11,13,16-18H,1-4,12,14-15,36H2,(H,40,43)(H,41,42). The van der Waals surface area contributed by atoms with Crippen molar-refractivity contribution in [1.82, 2.24) is 15.0 Å². The van der Waals surface area contributed by atoms with Gasteiger partial charge in [-0.2, -0.15) is 4.39 Å². The lowest BCUT2D eigenvalue weighted by Gasteiger charge is -2.16. The van der Waals surface area contributed by atoms with Gasteiger partial charge in [0.1, 0.15) is 11.5 Å². The van der Waals surface area contributed by atoms with Crippen molar-refractivity contribution in [3.8, 4) is 11.1 Å². The summed E-state index contributed by atoms with van der Waals surface area (Å²) in [5.74, 6) is -0.133. The Labute approximate surface area is 256 Å². The molecule has 8 nitrogen and oxygen atoms in total. The zero-order valence-corrected chi connectivity index (χ0v) is 24.6. The van der Waals surface area contributed by atoms with Gasteiger partial charge in [-0.25, -0.2) is 9.37 Å². The van der Waals surface area contributed by atoms with Crippen LogP contribution in [0.25, 0.3) is 16.7 Å². The van der Waals surface area contributed by atoms with Gasteiger partial charge in [-0.15, -0.1) is 11.3 Å². The van der Waals surface area contributed by atoms with Crippen LogP contribution in [0, 0.1) is 16.9 Å². The molecule has 0 saturated heterocycles. The maximum atomic E-state index is 16.7. The summed E-state index contributed by atoms with van der Waals surface area (Å²) in [6, 6.07) is 8.41. The molecule has 1 aliphatic heterocycles. The molecule has 1 aromatic carbocycles. The van der Waals surface area contributed by atoms with Crippen molar-refractivity contribution in [2.24, 2.45) is 21.6 Å². The number of allylic oxidation sites excluding steroid dienone is 3. The summed E-state index contributed by atoms with van der Waals surface area (Å²) in [7, 11) is 0. The number of halogens is 2. The summed E-state index contributed by atoms with van der Waals surface area (Å²) in [6.07, 6.45) is 12.7. The lowest BCUT2D eigenvalue weighted by atomic mass is 9.95. The highest BCUT2D eigenvalue weighted by Gasteiger charge is 2.27. The number of benzene rings is 1. The maximum Gasteiger partial charge on any atom is 0.227 e. The molecular formula is C33H29F2N7OS. The number of carbonyl (C=O) groups excluding carboxylic acids is 1. The summed E-state index contributed by atoms with van der Waals surface area (Å²) in [6.45, 7) is 0.520. The van der Waals surface area contributed by atoms with Gasteiger partial charge >= 0.3 is 0 Å². The van der Waals surface area contributed by atoms with E-state index in [2.05, 4.69) is 20.3 Å². The summed E-state index contributed by atoms with van der Waals surface area (Å²) in [5.41, 5.74) is 11.6. The highest BCUT2D eigenvalue weighted by Crippen LogP contribution is 2.35. The number of imidazole rings is 1. The first-order chi connectivity index (χ1) is 21.4. The van der Waals surface area contributed by atoms with Gasteiger partial charge in [-0.1, -0.05) is 25.0 Å². The Morgan fingerprint density at radius 2 is 1.95 bits per heavy atom. The van der Waals surface area contributed by atoms with Gasteiger partial charge in [0, 0.05) is 63.3 Å². The third kappa shape index (κ3) is 5.39. The van der Waals surface area contributed by atoms with Gasteiger partial charge in [-0.05, 0) is 48.8 Å². The number of anilines is 1. The summed E-state index contributed by atoms with van der Waals surface area (Å²) >= 11 is 1.02. The van der Waals surface area contributed by atoms with Gasteiger partial charge < -0.3 is 16.0 Å². The first kappa shape index (κ1) is 28.0. The van der Waals surface area contributed by atoms with Crippen LogP contribution in [0.5, 0.6) is 0 Å². The number of thiophene rings is 1. The molecule has 1 fully saturated rings. The largest absolute Gasteiger partial charge is 0.402 e. The molecule has 4 N–H and O–H groups in total. The van der Waals surface area contributed by atoms with Crippen LogP contribution in [-0.4, -0.2) is 39.3 Å². The van der Waals surface area contributed by atoms with E-state index in [9.17, 15) is 9.18 Å². The minimum Gasteiger partial charge on any atom is -0.402 e. The summed E-state index contributed by atoms with van der Waals surface area (Å²) in [4.78, 5) is 35.1. The van der Waals surface area contributed by atoms with Crippen molar-refractivity contribution in [3.63, 3.8) is 0 Å². The van der Waals surface area contributed by atoms with Crippen LogP contribution >= 0.6 is 11.3 Å². The Morgan fingerprint density at radius 1 is 1.09 bits per heavy atom. The van der Waals surface area contributed by atoms with Crippen LogP contribution in [0.1, 0.15) is 58.9 Å². The average Bonchev–Trinajstić information content (AvgIpc) is 3.75. The van der Waals surface area contributed by atoms with E-state index < -0.39 is 5.82 Å². The molecule has 0 unspecified atom stereocenters. The van der Waals surface area contributed by atoms with Crippen LogP contribution in [0.15, 0.2) is 70.6 Å². The smallest absolute Gasteiger partial charge is 0.227 e. The second-order valence-corrected chi connectivity index (χ2v) is 12.2. The Morgan fingerprint density at radius 3 is 2.77 bits per heavy atom. The predicted molar refractivity (Wildman–Crippen MR) is 169 cm³/mol. The molecule has 0 radical (unpaired) electrons. The van der Waals surface area contributed by atoms with E-state index in [0.29, 0.717) is 62.2 Å². The zero-order valence-electron chi connectivity index (χ0n) is 23.7. The molecule has 11 heteroatoms. The van der Waals surface area contributed by atoms with Gasteiger partial charge in [0.2, 0.25) is 5.91 Å². The number of carbonyl (C=O) groups is 1. The number of rotatable bonds is 5. The Hall–Kier alpha value is -4.77. The van der Waals surface area contributed by atoms with Crippen molar-refractivity contribution in [2.45, 2.75) is 38.6 Å². The van der Waals surface area contributed by atoms with Crippen LogP contribution in [-0.2, 0) is 17.8 Å². The minimum absolute atomic E-state index is 0.00500. The van der Waals surface area contributed by atoms with Crippen LogP contribution in [0.4, 0.5) is 14.5 Å². The summed E-state index contributed by atoms with van der Waals surface area (Å²) < 4.78 is 30.7. The molecule has 222 valence electrons. The number of aromatic amines is 1. The second-order valence-electron chi connectivity index (χ2n) is 11.1. The number of aromatic nitrogens is 3. The second kappa shape index (κ2) is 11.7. The minimum atomic E-state index is -0.485. The lowest BCUT2D eigenvalue weighted by molar-refractivity contribution is -0.119. The fourth-order valence-electron chi connectivity index (χ4n) is 6.00. The maximum absolute atomic E-state index is 16.7. The quantitative estimate of drug-likeness (QED) is 0.250. The highest BCUT2D eigenvalue weighted by molar-refractivity contribution is 7.11. The van der Waals surface area contributed by atoms with E-state index in [1.165, 1.54) is 6.07 Å².